The Bertz CT molecular complexity index is 906. The molecule has 3 aromatic rings. The van der Waals surface area contributed by atoms with E-state index in [-0.39, 0.29) is 5.41 Å². The number of benzene rings is 3. The Morgan fingerprint density at radius 2 is 1.36 bits per heavy atom. The molecule has 0 heterocycles. The summed E-state index contributed by atoms with van der Waals surface area (Å²) in [6.45, 7) is 8.54. The molecule has 0 saturated heterocycles. The number of hydrogen-bond donors (Lipinski definition) is 2. The molecule has 0 aliphatic heterocycles. The Balaban J connectivity index is 2.19. The first-order valence-corrected chi connectivity index (χ1v) is 8.64. The lowest BCUT2D eigenvalue weighted by Crippen LogP contribution is -2.22. The lowest BCUT2D eigenvalue weighted by molar-refractivity contribution is 0.645. The lowest BCUT2D eigenvalue weighted by Gasteiger charge is -2.31. The Labute approximate surface area is 150 Å². The van der Waals surface area contributed by atoms with Crippen LogP contribution in [0.3, 0.4) is 0 Å². The van der Waals surface area contributed by atoms with Crippen LogP contribution in [0.4, 0.5) is 11.4 Å². The molecule has 2 nitrogen and oxygen atoms in total. The van der Waals surface area contributed by atoms with Crippen LogP contribution >= 0.6 is 0 Å². The SMILES string of the molecule is Cc1ccc(-c2ccccc2C(C)(C)c2ccc(N)c(C)c2N)cc1. The highest BCUT2D eigenvalue weighted by Gasteiger charge is 2.28. The molecule has 0 aromatic heterocycles. The molecule has 0 atom stereocenters. The van der Waals surface area contributed by atoms with Crippen LogP contribution in [0.25, 0.3) is 11.1 Å². The fourth-order valence-corrected chi connectivity index (χ4v) is 3.45. The molecule has 4 N–H and O–H groups in total. The maximum Gasteiger partial charge on any atom is 0.0405 e. The van der Waals surface area contributed by atoms with Crippen molar-refractivity contribution in [2.45, 2.75) is 33.1 Å². The van der Waals surface area contributed by atoms with E-state index in [0.29, 0.717) is 0 Å². The lowest BCUT2D eigenvalue weighted by atomic mass is 9.74. The molecule has 0 radical (unpaired) electrons. The van der Waals surface area contributed by atoms with Crippen molar-refractivity contribution in [3.05, 3.63) is 82.9 Å². The second-order valence-corrected chi connectivity index (χ2v) is 7.28. The van der Waals surface area contributed by atoms with Crippen molar-refractivity contribution in [1.29, 1.82) is 0 Å². The second-order valence-electron chi connectivity index (χ2n) is 7.28. The predicted octanol–water partition coefficient (Wildman–Crippen LogP) is 5.46. The van der Waals surface area contributed by atoms with Crippen LogP contribution in [0.2, 0.25) is 0 Å². The topological polar surface area (TPSA) is 52.0 Å². The molecular weight excluding hydrogens is 304 g/mol. The van der Waals surface area contributed by atoms with Crippen molar-refractivity contribution in [3.8, 4) is 11.1 Å². The maximum atomic E-state index is 6.44. The minimum atomic E-state index is -0.232. The highest BCUT2D eigenvalue weighted by atomic mass is 14.6. The molecule has 0 bridgehead atoms. The van der Waals surface area contributed by atoms with Gasteiger partial charge in [-0.3, -0.25) is 0 Å². The molecule has 0 aliphatic rings. The first-order chi connectivity index (χ1) is 11.8. The molecule has 0 aliphatic carbocycles. The Morgan fingerprint density at radius 3 is 2.04 bits per heavy atom. The van der Waals surface area contributed by atoms with Crippen LogP contribution < -0.4 is 11.5 Å². The first kappa shape index (κ1) is 17.1. The maximum absolute atomic E-state index is 6.44. The zero-order chi connectivity index (χ0) is 18.2. The summed E-state index contributed by atoms with van der Waals surface area (Å²) in [7, 11) is 0. The second kappa shape index (κ2) is 6.29. The van der Waals surface area contributed by atoms with Gasteiger partial charge in [0.05, 0.1) is 0 Å². The van der Waals surface area contributed by atoms with Gasteiger partial charge in [-0.05, 0) is 47.7 Å². The zero-order valence-corrected chi connectivity index (χ0v) is 15.4. The summed E-state index contributed by atoms with van der Waals surface area (Å²) < 4.78 is 0. The smallest absolute Gasteiger partial charge is 0.0405 e. The van der Waals surface area contributed by atoms with Gasteiger partial charge in [-0.1, -0.05) is 74.0 Å². The van der Waals surface area contributed by atoms with Crippen LogP contribution in [0.1, 0.15) is 36.1 Å². The van der Waals surface area contributed by atoms with E-state index in [1.54, 1.807) is 0 Å². The van der Waals surface area contributed by atoms with Gasteiger partial charge < -0.3 is 11.5 Å². The van der Waals surface area contributed by atoms with Crippen molar-refractivity contribution in [1.82, 2.24) is 0 Å². The first-order valence-electron chi connectivity index (χ1n) is 8.64. The minimum Gasteiger partial charge on any atom is -0.398 e. The number of nitrogen functional groups attached to an aromatic ring is 2. The van der Waals surface area contributed by atoms with Gasteiger partial charge in [0.25, 0.3) is 0 Å². The molecule has 128 valence electrons. The highest BCUT2D eigenvalue weighted by molar-refractivity contribution is 5.73. The van der Waals surface area contributed by atoms with E-state index in [2.05, 4.69) is 75.4 Å². The van der Waals surface area contributed by atoms with Gasteiger partial charge in [-0.15, -0.1) is 0 Å². The van der Waals surface area contributed by atoms with Crippen LogP contribution in [-0.4, -0.2) is 0 Å². The van der Waals surface area contributed by atoms with Crippen LogP contribution in [0.5, 0.6) is 0 Å². The molecule has 3 aromatic carbocycles. The average molecular weight is 330 g/mol. The van der Waals surface area contributed by atoms with Crippen molar-refractivity contribution in [3.63, 3.8) is 0 Å². The van der Waals surface area contributed by atoms with E-state index in [1.165, 1.54) is 22.3 Å². The predicted molar refractivity (Wildman–Crippen MR) is 109 cm³/mol. The third-order valence-corrected chi connectivity index (χ3v) is 5.19. The summed E-state index contributed by atoms with van der Waals surface area (Å²) in [5.41, 5.74) is 20.8. The summed E-state index contributed by atoms with van der Waals surface area (Å²) >= 11 is 0. The standard InChI is InChI=1S/C23H26N2/c1-15-9-11-17(12-10-15)18-7-5-6-8-19(18)23(3,4)20-13-14-21(24)16(2)22(20)25/h5-14H,24-25H2,1-4H3. The Hall–Kier alpha value is -2.74. The summed E-state index contributed by atoms with van der Waals surface area (Å²) in [5.74, 6) is 0. The summed E-state index contributed by atoms with van der Waals surface area (Å²) in [5, 5.41) is 0. The van der Waals surface area contributed by atoms with Gasteiger partial charge in [0.1, 0.15) is 0 Å². The minimum absolute atomic E-state index is 0.232. The van der Waals surface area contributed by atoms with Gasteiger partial charge in [-0.25, -0.2) is 0 Å². The zero-order valence-electron chi connectivity index (χ0n) is 15.4. The number of nitrogens with two attached hydrogens (primary N) is 2. The third kappa shape index (κ3) is 3.00. The summed E-state index contributed by atoms with van der Waals surface area (Å²) in [4.78, 5) is 0. The molecule has 0 saturated carbocycles. The Morgan fingerprint density at radius 1 is 0.720 bits per heavy atom. The van der Waals surface area contributed by atoms with E-state index < -0.39 is 0 Å². The molecule has 3 rings (SSSR count). The van der Waals surface area contributed by atoms with Crippen molar-refractivity contribution < 1.29 is 0 Å². The molecular formula is C23H26N2. The molecule has 0 fully saturated rings. The van der Waals surface area contributed by atoms with Gasteiger partial charge in [0.2, 0.25) is 0 Å². The van der Waals surface area contributed by atoms with Gasteiger partial charge in [-0.2, -0.15) is 0 Å². The van der Waals surface area contributed by atoms with Crippen molar-refractivity contribution in [2.24, 2.45) is 0 Å². The monoisotopic (exact) mass is 330 g/mol. The van der Waals surface area contributed by atoms with E-state index in [1.807, 2.05) is 13.0 Å². The summed E-state index contributed by atoms with van der Waals surface area (Å²) in [6, 6.07) is 21.2. The Kier molecular flexibility index (Phi) is 4.30. The van der Waals surface area contributed by atoms with Crippen LogP contribution in [0.15, 0.2) is 60.7 Å². The van der Waals surface area contributed by atoms with Crippen LogP contribution in [0, 0.1) is 13.8 Å². The number of rotatable bonds is 3. The van der Waals surface area contributed by atoms with E-state index in [9.17, 15) is 0 Å². The van der Waals surface area contributed by atoms with E-state index >= 15 is 0 Å². The molecule has 0 spiro atoms. The largest absolute Gasteiger partial charge is 0.398 e. The number of aryl methyl sites for hydroxylation is 1. The van der Waals surface area contributed by atoms with Crippen molar-refractivity contribution in [2.75, 3.05) is 11.5 Å². The quantitative estimate of drug-likeness (QED) is 0.626. The van der Waals surface area contributed by atoms with Gasteiger partial charge in [0.15, 0.2) is 0 Å². The molecule has 0 amide bonds. The molecule has 2 heteroatoms. The third-order valence-electron chi connectivity index (χ3n) is 5.19. The molecule has 0 unspecified atom stereocenters. The van der Waals surface area contributed by atoms with E-state index in [0.717, 1.165) is 22.5 Å². The average Bonchev–Trinajstić information content (AvgIpc) is 2.60. The van der Waals surface area contributed by atoms with Crippen LogP contribution in [-0.2, 0) is 5.41 Å². The number of anilines is 2. The normalized spacial score (nSPS) is 11.5. The van der Waals surface area contributed by atoms with Crippen molar-refractivity contribution >= 4 is 11.4 Å². The fraction of sp³-hybridized carbons (Fsp3) is 0.217. The fourth-order valence-electron chi connectivity index (χ4n) is 3.45. The van der Waals surface area contributed by atoms with Gasteiger partial charge in [0, 0.05) is 16.8 Å². The van der Waals surface area contributed by atoms with Gasteiger partial charge >= 0.3 is 0 Å². The summed E-state index contributed by atoms with van der Waals surface area (Å²) in [6.07, 6.45) is 0. The highest BCUT2D eigenvalue weighted by Crippen LogP contribution is 2.41. The van der Waals surface area contributed by atoms with E-state index in [4.69, 9.17) is 11.5 Å². The molecule has 25 heavy (non-hydrogen) atoms. The number of hydrogen-bond acceptors (Lipinski definition) is 2.